The van der Waals surface area contributed by atoms with Crippen LogP contribution in [0.3, 0.4) is 0 Å². The summed E-state index contributed by atoms with van der Waals surface area (Å²) < 4.78 is 4.91. The third kappa shape index (κ3) is 2.42. The molecule has 7 heteroatoms. The van der Waals surface area contributed by atoms with Crippen LogP contribution in [0.5, 0.6) is 5.75 Å². The van der Waals surface area contributed by atoms with Crippen molar-refractivity contribution in [3.05, 3.63) is 33.4 Å². The summed E-state index contributed by atoms with van der Waals surface area (Å²) in [6.07, 6.45) is 0. The molecule has 88 valence electrons. The van der Waals surface area contributed by atoms with Gasteiger partial charge >= 0.3 is 0 Å². The van der Waals surface area contributed by atoms with E-state index in [4.69, 9.17) is 10.00 Å². The van der Waals surface area contributed by atoms with Crippen molar-refractivity contribution in [1.29, 1.82) is 5.26 Å². The molecule has 17 heavy (non-hydrogen) atoms. The SMILES string of the molecule is COc1c(C(=O)CBr)ccc([N+](=O)[O-])c1C#N. The number of nitriles is 1. The first kappa shape index (κ1) is 13.1. The monoisotopic (exact) mass is 298 g/mol. The first-order chi connectivity index (χ1) is 8.06. The lowest BCUT2D eigenvalue weighted by Gasteiger charge is -2.08. The van der Waals surface area contributed by atoms with Crippen molar-refractivity contribution in [3.63, 3.8) is 0 Å². The van der Waals surface area contributed by atoms with E-state index in [1.54, 1.807) is 6.07 Å². The molecule has 0 radical (unpaired) electrons. The number of hydrogen-bond donors (Lipinski definition) is 0. The van der Waals surface area contributed by atoms with Crippen LogP contribution in [0, 0.1) is 21.4 Å². The van der Waals surface area contributed by atoms with E-state index < -0.39 is 4.92 Å². The summed E-state index contributed by atoms with van der Waals surface area (Å²) >= 11 is 2.99. The van der Waals surface area contributed by atoms with E-state index >= 15 is 0 Å². The molecular formula is C10H7BrN2O4. The van der Waals surface area contributed by atoms with Gasteiger partial charge in [0.1, 0.15) is 6.07 Å². The van der Waals surface area contributed by atoms with Crippen molar-refractivity contribution in [2.45, 2.75) is 0 Å². The molecule has 0 heterocycles. The second kappa shape index (κ2) is 5.41. The van der Waals surface area contributed by atoms with E-state index in [0.717, 1.165) is 6.07 Å². The first-order valence-corrected chi connectivity index (χ1v) is 5.53. The predicted molar refractivity (Wildman–Crippen MR) is 62.5 cm³/mol. The van der Waals surface area contributed by atoms with E-state index in [1.807, 2.05) is 0 Å². The van der Waals surface area contributed by atoms with Crippen molar-refractivity contribution in [2.24, 2.45) is 0 Å². The van der Waals surface area contributed by atoms with Crippen LogP contribution >= 0.6 is 15.9 Å². The molecule has 0 fully saturated rings. The Morgan fingerprint density at radius 2 is 2.29 bits per heavy atom. The second-order valence-electron chi connectivity index (χ2n) is 2.97. The van der Waals surface area contributed by atoms with Crippen LogP contribution in [0.4, 0.5) is 5.69 Å². The van der Waals surface area contributed by atoms with Crippen LogP contribution in [0.2, 0.25) is 0 Å². The number of carbonyl (C=O) groups is 1. The Balaban J connectivity index is 3.55. The summed E-state index contributed by atoms with van der Waals surface area (Å²) in [5, 5.41) is 19.7. The van der Waals surface area contributed by atoms with Gasteiger partial charge < -0.3 is 4.74 Å². The highest BCUT2D eigenvalue weighted by atomic mass is 79.9. The number of halogens is 1. The zero-order valence-electron chi connectivity index (χ0n) is 8.77. The molecule has 1 aromatic rings. The van der Waals surface area contributed by atoms with Gasteiger partial charge in [-0.3, -0.25) is 14.9 Å². The molecular weight excluding hydrogens is 292 g/mol. The molecule has 0 atom stereocenters. The summed E-state index contributed by atoms with van der Waals surface area (Å²) in [5.74, 6) is -0.376. The van der Waals surface area contributed by atoms with Gasteiger partial charge in [0.05, 0.1) is 22.9 Å². The van der Waals surface area contributed by atoms with E-state index in [1.165, 1.54) is 13.2 Å². The fourth-order valence-electron chi connectivity index (χ4n) is 1.34. The van der Waals surface area contributed by atoms with Crippen LogP contribution in [-0.2, 0) is 0 Å². The number of benzene rings is 1. The molecule has 1 aromatic carbocycles. The number of hydrogen-bond acceptors (Lipinski definition) is 5. The third-order valence-corrected chi connectivity index (χ3v) is 2.58. The van der Waals surface area contributed by atoms with E-state index in [-0.39, 0.29) is 33.7 Å². The van der Waals surface area contributed by atoms with E-state index in [9.17, 15) is 14.9 Å². The lowest BCUT2D eigenvalue weighted by Crippen LogP contribution is -2.06. The van der Waals surface area contributed by atoms with Crippen molar-refractivity contribution in [2.75, 3.05) is 12.4 Å². The van der Waals surface area contributed by atoms with Gasteiger partial charge in [0, 0.05) is 6.07 Å². The molecule has 0 N–H and O–H groups in total. The average Bonchev–Trinajstić information content (AvgIpc) is 2.35. The molecule has 1 rings (SSSR count). The highest BCUT2D eigenvalue weighted by Gasteiger charge is 2.24. The third-order valence-electron chi connectivity index (χ3n) is 2.07. The molecule has 0 bridgehead atoms. The Morgan fingerprint density at radius 1 is 1.65 bits per heavy atom. The maximum atomic E-state index is 11.5. The van der Waals surface area contributed by atoms with Gasteiger partial charge in [0.25, 0.3) is 5.69 Å². The normalized spacial score (nSPS) is 9.47. The summed E-state index contributed by atoms with van der Waals surface area (Å²) in [6, 6.07) is 4.08. The number of carbonyl (C=O) groups excluding carboxylic acids is 1. The average molecular weight is 299 g/mol. The molecule has 0 aromatic heterocycles. The Morgan fingerprint density at radius 3 is 2.71 bits per heavy atom. The number of ether oxygens (including phenoxy) is 1. The molecule has 0 amide bonds. The lowest BCUT2D eigenvalue weighted by molar-refractivity contribution is -0.385. The van der Waals surface area contributed by atoms with Crippen LogP contribution in [0.1, 0.15) is 15.9 Å². The molecule has 0 saturated heterocycles. The number of nitrogens with zero attached hydrogens (tertiary/aromatic N) is 2. The number of ketones is 1. The summed E-state index contributed by atoms with van der Waals surface area (Å²) in [6.45, 7) is 0. The Hall–Kier alpha value is -1.94. The minimum atomic E-state index is -0.691. The van der Waals surface area contributed by atoms with Gasteiger partial charge in [-0.2, -0.15) is 5.26 Å². The lowest BCUT2D eigenvalue weighted by atomic mass is 10.0. The summed E-state index contributed by atoms with van der Waals surface area (Å²) in [4.78, 5) is 21.5. The number of nitro groups is 1. The molecule has 0 aliphatic carbocycles. The maximum Gasteiger partial charge on any atom is 0.290 e. The van der Waals surface area contributed by atoms with Crippen molar-refractivity contribution in [1.82, 2.24) is 0 Å². The van der Waals surface area contributed by atoms with Crippen LogP contribution < -0.4 is 4.74 Å². The molecule has 0 unspecified atom stereocenters. The number of alkyl halides is 1. The quantitative estimate of drug-likeness (QED) is 0.367. The smallest absolute Gasteiger partial charge is 0.290 e. The predicted octanol–water partition coefficient (Wildman–Crippen LogP) is 2.05. The second-order valence-corrected chi connectivity index (χ2v) is 3.53. The Labute approximate surface area is 105 Å². The zero-order chi connectivity index (χ0) is 13.0. The molecule has 0 aliphatic heterocycles. The number of nitro benzene ring substituents is 1. The standard InChI is InChI=1S/C10H7BrN2O4/c1-17-10-6(9(14)4-11)2-3-8(13(15)16)7(10)5-12/h2-3H,4H2,1H3. The van der Waals surface area contributed by atoms with Gasteiger partial charge in [-0.1, -0.05) is 15.9 Å². The highest BCUT2D eigenvalue weighted by molar-refractivity contribution is 9.09. The zero-order valence-corrected chi connectivity index (χ0v) is 10.4. The van der Waals surface area contributed by atoms with Gasteiger partial charge in [0.2, 0.25) is 0 Å². The molecule has 0 saturated carbocycles. The summed E-state index contributed by atoms with van der Waals surface area (Å²) in [7, 11) is 1.25. The van der Waals surface area contributed by atoms with Crippen LogP contribution in [0.25, 0.3) is 0 Å². The van der Waals surface area contributed by atoms with Crippen LogP contribution in [0.15, 0.2) is 12.1 Å². The molecule has 6 nitrogen and oxygen atoms in total. The fourth-order valence-corrected chi connectivity index (χ4v) is 1.64. The van der Waals surface area contributed by atoms with E-state index in [0.29, 0.717) is 0 Å². The fraction of sp³-hybridized carbons (Fsp3) is 0.200. The highest BCUT2D eigenvalue weighted by Crippen LogP contribution is 2.31. The van der Waals surface area contributed by atoms with Crippen molar-refractivity contribution in [3.8, 4) is 11.8 Å². The molecule has 0 aliphatic rings. The van der Waals surface area contributed by atoms with Gasteiger partial charge in [0.15, 0.2) is 17.1 Å². The number of Topliss-reactive ketones (excluding diaryl/α,β-unsaturated/α-hetero) is 1. The maximum absolute atomic E-state index is 11.5. The van der Waals surface area contributed by atoms with E-state index in [2.05, 4.69) is 15.9 Å². The first-order valence-electron chi connectivity index (χ1n) is 4.41. The van der Waals surface area contributed by atoms with Crippen molar-refractivity contribution >= 4 is 27.4 Å². The van der Waals surface area contributed by atoms with Gasteiger partial charge in [-0.25, -0.2) is 0 Å². The van der Waals surface area contributed by atoms with Crippen LogP contribution in [-0.4, -0.2) is 23.1 Å². The van der Waals surface area contributed by atoms with Gasteiger partial charge in [-0.15, -0.1) is 0 Å². The van der Waals surface area contributed by atoms with Gasteiger partial charge in [-0.05, 0) is 6.07 Å². The summed E-state index contributed by atoms with van der Waals surface area (Å²) in [5.41, 5.74) is -0.480. The topological polar surface area (TPSA) is 93.2 Å². The van der Waals surface area contributed by atoms with Crippen molar-refractivity contribution < 1.29 is 14.5 Å². The number of methoxy groups -OCH3 is 1. The number of rotatable bonds is 4. The minimum Gasteiger partial charge on any atom is -0.494 e. The minimum absolute atomic E-state index is 0.0477. The Kier molecular flexibility index (Phi) is 4.17. The Bertz CT molecular complexity index is 522. The molecule has 0 spiro atoms. The largest absolute Gasteiger partial charge is 0.494 e.